The number of primary amides is 1. The van der Waals surface area contributed by atoms with Gasteiger partial charge in [-0.2, -0.15) is 0 Å². The van der Waals surface area contributed by atoms with Crippen LogP contribution in [0.25, 0.3) is 0 Å². The lowest BCUT2D eigenvalue weighted by Crippen LogP contribution is -2.35. The highest BCUT2D eigenvalue weighted by Crippen LogP contribution is 1.71. The van der Waals surface area contributed by atoms with Crippen LogP contribution in [0.2, 0.25) is 0 Å². The number of hydrogen-bond donors (Lipinski definition) is 3. The standard InChI is InChI=1S/C5H11N3O2S/c1-7-5(11)8-2-3-10-4(6)9/h2-3H2,1H3,(H2,6,9)(H2,7,8,11). The van der Waals surface area contributed by atoms with Gasteiger partial charge in [-0.15, -0.1) is 0 Å². The van der Waals surface area contributed by atoms with E-state index in [4.69, 9.17) is 18.0 Å². The number of ether oxygens (including phenoxy) is 1. The normalized spacial score (nSPS) is 8.45. The minimum Gasteiger partial charge on any atom is -0.448 e. The quantitative estimate of drug-likeness (QED) is 0.388. The number of nitrogens with two attached hydrogens (primary N) is 1. The minimum absolute atomic E-state index is 0.219. The third-order valence-electron chi connectivity index (χ3n) is 0.859. The van der Waals surface area contributed by atoms with Crippen molar-refractivity contribution in [2.24, 2.45) is 5.73 Å². The van der Waals surface area contributed by atoms with Gasteiger partial charge >= 0.3 is 6.09 Å². The molecule has 6 heteroatoms. The van der Waals surface area contributed by atoms with Crippen molar-refractivity contribution in [3.05, 3.63) is 0 Å². The first-order chi connectivity index (χ1) is 5.16. The molecule has 11 heavy (non-hydrogen) atoms. The minimum atomic E-state index is -0.776. The van der Waals surface area contributed by atoms with E-state index in [-0.39, 0.29) is 6.61 Å². The van der Waals surface area contributed by atoms with Gasteiger partial charge in [0.25, 0.3) is 0 Å². The monoisotopic (exact) mass is 177 g/mol. The Hall–Kier alpha value is -1.04. The van der Waals surface area contributed by atoms with Crippen molar-refractivity contribution in [1.82, 2.24) is 10.6 Å². The summed E-state index contributed by atoms with van der Waals surface area (Å²) in [6.07, 6.45) is -0.776. The fraction of sp³-hybridized carbons (Fsp3) is 0.600. The maximum Gasteiger partial charge on any atom is 0.404 e. The summed E-state index contributed by atoms with van der Waals surface area (Å²) in [4.78, 5) is 10.0. The second-order valence-electron chi connectivity index (χ2n) is 1.67. The van der Waals surface area contributed by atoms with E-state index in [9.17, 15) is 4.79 Å². The number of thiocarbonyl (C=S) groups is 1. The molecule has 1 amide bonds. The SMILES string of the molecule is CNC(=S)NCCOC(N)=O. The summed E-state index contributed by atoms with van der Waals surface area (Å²) in [7, 11) is 1.70. The lowest BCUT2D eigenvalue weighted by atomic mass is 10.7. The summed E-state index contributed by atoms with van der Waals surface area (Å²) >= 11 is 4.74. The topological polar surface area (TPSA) is 76.4 Å². The Labute approximate surface area is 70.3 Å². The molecule has 0 radical (unpaired) electrons. The first-order valence-electron chi connectivity index (χ1n) is 3.04. The number of rotatable bonds is 3. The molecular weight excluding hydrogens is 166 g/mol. The summed E-state index contributed by atoms with van der Waals surface area (Å²) in [5, 5.41) is 5.99. The zero-order valence-corrected chi connectivity index (χ0v) is 7.03. The van der Waals surface area contributed by atoms with Crippen LogP contribution in [0.3, 0.4) is 0 Å². The van der Waals surface area contributed by atoms with Crippen molar-refractivity contribution in [2.45, 2.75) is 0 Å². The van der Waals surface area contributed by atoms with Gasteiger partial charge in [0.05, 0.1) is 6.54 Å². The molecule has 0 spiro atoms. The summed E-state index contributed by atoms with van der Waals surface area (Å²) in [5.41, 5.74) is 4.70. The molecule has 0 aliphatic carbocycles. The van der Waals surface area contributed by atoms with Crippen LogP contribution >= 0.6 is 12.2 Å². The lowest BCUT2D eigenvalue weighted by Gasteiger charge is -2.05. The van der Waals surface area contributed by atoms with Crippen LogP contribution in [0.1, 0.15) is 0 Å². The van der Waals surface area contributed by atoms with Crippen molar-refractivity contribution in [3.8, 4) is 0 Å². The second kappa shape index (κ2) is 5.72. The molecule has 0 aromatic heterocycles. The van der Waals surface area contributed by atoms with Crippen LogP contribution in [0.4, 0.5) is 4.79 Å². The van der Waals surface area contributed by atoms with Gasteiger partial charge in [-0.05, 0) is 12.2 Å². The number of hydrogen-bond acceptors (Lipinski definition) is 3. The van der Waals surface area contributed by atoms with Gasteiger partial charge in [-0.25, -0.2) is 4.79 Å². The number of carbonyl (C=O) groups is 1. The smallest absolute Gasteiger partial charge is 0.404 e. The van der Waals surface area contributed by atoms with Gasteiger partial charge in [-0.1, -0.05) is 0 Å². The highest BCUT2D eigenvalue weighted by molar-refractivity contribution is 7.80. The van der Waals surface area contributed by atoms with Crippen molar-refractivity contribution < 1.29 is 9.53 Å². The zero-order valence-electron chi connectivity index (χ0n) is 6.22. The highest BCUT2D eigenvalue weighted by Gasteiger charge is 1.93. The number of carbonyl (C=O) groups excluding carboxylic acids is 1. The third kappa shape index (κ3) is 6.85. The van der Waals surface area contributed by atoms with Gasteiger partial charge in [0.15, 0.2) is 5.11 Å². The Morgan fingerprint density at radius 1 is 1.73 bits per heavy atom. The lowest BCUT2D eigenvalue weighted by molar-refractivity contribution is 0.159. The molecule has 5 nitrogen and oxygen atoms in total. The van der Waals surface area contributed by atoms with Crippen molar-refractivity contribution >= 4 is 23.4 Å². The average molecular weight is 177 g/mol. The van der Waals surface area contributed by atoms with Gasteiger partial charge in [0.1, 0.15) is 6.61 Å². The Morgan fingerprint density at radius 2 is 2.36 bits per heavy atom. The van der Waals surface area contributed by atoms with E-state index in [0.717, 1.165) is 0 Å². The van der Waals surface area contributed by atoms with Crippen LogP contribution in [-0.2, 0) is 4.74 Å². The molecule has 0 fully saturated rings. The Kier molecular flexibility index (Phi) is 5.18. The van der Waals surface area contributed by atoms with Crippen molar-refractivity contribution in [3.63, 3.8) is 0 Å². The molecule has 4 N–H and O–H groups in total. The largest absolute Gasteiger partial charge is 0.448 e. The predicted molar refractivity (Wildman–Crippen MR) is 45.2 cm³/mol. The molecule has 0 atom stereocenters. The molecule has 0 aromatic carbocycles. The average Bonchev–Trinajstić information content (AvgIpc) is 1.97. The first-order valence-corrected chi connectivity index (χ1v) is 3.45. The van der Waals surface area contributed by atoms with E-state index < -0.39 is 6.09 Å². The maximum absolute atomic E-state index is 10.0. The molecule has 64 valence electrons. The highest BCUT2D eigenvalue weighted by atomic mass is 32.1. The Morgan fingerprint density at radius 3 is 2.82 bits per heavy atom. The van der Waals surface area contributed by atoms with E-state index in [1.54, 1.807) is 7.05 Å². The van der Waals surface area contributed by atoms with E-state index >= 15 is 0 Å². The fourth-order valence-electron chi connectivity index (χ4n) is 0.405. The van der Waals surface area contributed by atoms with E-state index in [1.807, 2.05) is 0 Å². The van der Waals surface area contributed by atoms with E-state index in [2.05, 4.69) is 15.4 Å². The second-order valence-corrected chi connectivity index (χ2v) is 2.08. The van der Waals surface area contributed by atoms with Crippen molar-refractivity contribution in [2.75, 3.05) is 20.2 Å². The number of amides is 1. The molecule has 0 aromatic rings. The predicted octanol–water partition coefficient (Wildman–Crippen LogP) is -0.824. The molecule has 0 heterocycles. The molecule has 0 aliphatic heterocycles. The van der Waals surface area contributed by atoms with Crippen LogP contribution in [0, 0.1) is 0 Å². The Balaban J connectivity index is 3.14. The van der Waals surface area contributed by atoms with Gasteiger partial charge in [0.2, 0.25) is 0 Å². The number of nitrogens with one attached hydrogen (secondary N) is 2. The molecule has 0 saturated heterocycles. The summed E-state index contributed by atoms with van der Waals surface area (Å²) in [6, 6.07) is 0. The molecule has 0 saturated carbocycles. The van der Waals surface area contributed by atoms with Gasteiger partial charge in [0, 0.05) is 7.05 Å². The van der Waals surface area contributed by atoms with Gasteiger partial charge < -0.3 is 21.1 Å². The summed E-state index contributed by atoms with van der Waals surface area (Å²) in [6.45, 7) is 0.680. The van der Waals surface area contributed by atoms with E-state index in [1.165, 1.54) is 0 Å². The summed E-state index contributed by atoms with van der Waals surface area (Å²) in [5.74, 6) is 0. The molecule has 0 bridgehead atoms. The Bertz CT molecular complexity index is 151. The fourth-order valence-corrected chi connectivity index (χ4v) is 0.507. The maximum atomic E-state index is 10.0. The molecule has 0 rings (SSSR count). The molecular formula is C5H11N3O2S. The van der Waals surface area contributed by atoms with Crippen LogP contribution in [0.5, 0.6) is 0 Å². The van der Waals surface area contributed by atoms with Crippen LogP contribution < -0.4 is 16.4 Å². The third-order valence-corrected chi connectivity index (χ3v) is 1.21. The van der Waals surface area contributed by atoms with E-state index in [0.29, 0.717) is 11.7 Å². The van der Waals surface area contributed by atoms with Crippen LogP contribution in [0.15, 0.2) is 0 Å². The summed E-state index contributed by atoms with van der Waals surface area (Å²) < 4.78 is 4.43. The van der Waals surface area contributed by atoms with Crippen LogP contribution in [-0.4, -0.2) is 31.4 Å². The first kappa shape index (κ1) is 9.96. The molecule has 0 aliphatic rings. The molecule has 0 unspecified atom stereocenters. The van der Waals surface area contributed by atoms with Crippen molar-refractivity contribution in [1.29, 1.82) is 0 Å². The zero-order chi connectivity index (χ0) is 8.69. The van der Waals surface area contributed by atoms with Gasteiger partial charge in [-0.3, -0.25) is 0 Å².